The Bertz CT molecular complexity index is 528. The number of hydrogen-bond acceptors (Lipinski definition) is 3. The van der Waals surface area contributed by atoms with Gasteiger partial charge < -0.3 is 10.2 Å². The zero-order valence-corrected chi connectivity index (χ0v) is 11.3. The van der Waals surface area contributed by atoms with E-state index in [0.717, 1.165) is 11.1 Å². The van der Waals surface area contributed by atoms with E-state index in [2.05, 4.69) is 0 Å². The van der Waals surface area contributed by atoms with Crippen LogP contribution in [-0.2, 0) is 6.54 Å². The predicted molar refractivity (Wildman–Crippen MR) is 73.4 cm³/mol. The zero-order valence-electron chi connectivity index (χ0n) is 11.3. The normalized spacial score (nSPS) is 13.1. The molecular formula is C15H18F2N2O. The van der Waals surface area contributed by atoms with Gasteiger partial charge in [-0.3, -0.25) is 4.90 Å². The van der Waals surface area contributed by atoms with Crippen LogP contribution in [0.2, 0.25) is 0 Å². The van der Waals surface area contributed by atoms with Crippen molar-refractivity contribution in [2.45, 2.75) is 19.0 Å². The molecule has 1 atom stereocenters. The molecule has 1 heterocycles. The van der Waals surface area contributed by atoms with E-state index < -0.39 is 6.43 Å². The van der Waals surface area contributed by atoms with E-state index in [1.165, 1.54) is 12.1 Å². The summed E-state index contributed by atoms with van der Waals surface area (Å²) in [5, 5.41) is 0. The van der Waals surface area contributed by atoms with E-state index in [1.54, 1.807) is 18.6 Å². The van der Waals surface area contributed by atoms with Crippen LogP contribution in [0.4, 0.5) is 8.78 Å². The van der Waals surface area contributed by atoms with Crippen LogP contribution in [0.5, 0.6) is 0 Å². The third-order valence-corrected chi connectivity index (χ3v) is 3.31. The standard InChI is InChI=1S/C15H18F2N2O/c1-19(9-11-5-6-20-10-11)14(8-18)12-3-2-4-13(7-12)15(16)17/h2-7,10,14-15H,8-9,18H2,1H3. The quantitative estimate of drug-likeness (QED) is 0.882. The first kappa shape index (κ1) is 14.7. The Balaban J connectivity index is 2.16. The molecule has 20 heavy (non-hydrogen) atoms. The highest BCUT2D eigenvalue weighted by atomic mass is 19.3. The van der Waals surface area contributed by atoms with Crippen LogP contribution >= 0.6 is 0 Å². The summed E-state index contributed by atoms with van der Waals surface area (Å²) in [5.41, 5.74) is 7.66. The van der Waals surface area contributed by atoms with Gasteiger partial charge in [0.2, 0.25) is 0 Å². The van der Waals surface area contributed by atoms with Gasteiger partial charge in [0.15, 0.2) is 0 Å². The van der Waals surface area contributed by atoms with Crippen LogP contribution in [0, 0.1) is 0 Å². The number of likely N-dealkylation sites (N-methyl/N-ethyl adjacent to an activating group) is 1. The van der Waals surface area contributed by atoms with Gasteiger partial charge in [-0.15, -0.1) is 0 Å². The SMILES string of the molecule is CN(Cc1ccoc1)C(CN)c1cccc(C(F)F)c1. The first-order valence-electron chi connectivity index (χ1n) is 6.41. The van der Waals surface area contributed by atoms with Crippen LogP contribution in [-0.4, -0.2) is 18.5 Å². The third kappa shape index (κ3) is 3.43. The Morgan fingerprint density at radius 2 is 2.00 bits per heavy atom. The maximum Gasteiger partial charge on any atom is 0.263 e. The molecule has 2 N–H and O–H groups in total. The molecule has 0 saturated heterocycles. The van der Waals surface area contributed by atoms with E-state index in [-0.39, 0.29) is 11.6 Å². The highest BCUT2D eigenvalue weighted by Crippen LogP contribution is 2.25. The topological polar surface area (TPSA) is 42.4 Å². The lowest BCUT2D eigenvalue weighted by molar-refractivity contribution is 0.151. The fourth-order valence-electron chi connectivity index (χ4n) is 2.25. The molecule has 0 saturated carbocycles. The molecule has 1 aromatic carbocycles. The Morgan fingerprint density at radius 3 is 2.60 bits per heavy atom. The smallest absolute Gasteiger partial charge is 0.263 e. The van der Waals surface area contributed by atoms with Crippen molar-refractivity contribution in [3.63, 3.8) is 0 Å². The Labute approximate surface area is 117 Å². The molecule has 0 aliphatic carbocycles. The van der Waals surface area contributed by atoms with E-state index >= 15 is 0 Å². The number of furan rings is 1. The maximum absolute atomic E-state index is 12.8. The summed E-state index contributed by atoms with van der Waals surface area (Å²) in [5.74, 6) is 0. The molecule has 1 unspecified atom stereocenters. The fourth-order valence-corrected chi connectivity index (χ4v) is 2.25. The first-order valence-corrected chi connectivity index (χ1v) is 6.41. The van der Waals surface area contributed by atoms with E-state index in [9.17, 15) is 8.78 Å². The highest BCUT2D eigenvalue weighted by molar-refractivity contribution is 5.27. The molecule has 0 aliphatic heterocycles. The predicted octanol–water partition coefficient (Wildman–Crippen LogP) is 3.35. The van der Waals surface area contributed by atoms with Crippen LogP contribution in [0.15, 0.2) is 47.3 Å². The summed E-state index contributed by atoms with van der Waals surface area (Å²) in [6, 6.07) is 8.19. The van der Waals surface area contributed by atoms with Crippen molar-refractivity contribution in [1.82, 2.24) is 4.90 Å². The molecule has 0 fully saturated rings. The summed E-state index contributed by atoms with van der Waals surface area (Å²) >= 11 is 0. The Morgan fingerprint density at radius 1 is 1.25 bits per heavy atom. The van der Waals surface area contributed by atoms with Crippen LogP contribution in [0.1, 0.15) is 29.2 Å². The second-order valence-electron chi connectivity index (χ2n) is 4.77. The molecule has 0 spiro atoms. The second-order valence-corrected chi connectivity index (χ2v) is 4.77. The van der Waals surface area contributed by atoms with Crippen molar-refractivity contribution in [2.24, 2.45) is 5.73 Å². The third-order valence-electron chi connectivity index (χ3n) is 3.31. The van der Waals surface area contributed by atoms with E-state index in [1.807, 2.05) is 24.1 Å². The largest absolute Gasteiger partial charge is 0.472 e. The number of nitrogens with two attached hydrogens (primary N) is 1. The second kappa shape index (κ2) is 6.63. The van der Waals surface area contributed by atoms with Crippen molar-refractivity contribution in [1.29, 1.82) is 0 Å². The number of benzene rings is 1. The summed E-state index contributed by atoms with van der Waals surface area (Å²) in [6.07, 6.45) is 0.810. The molecule has 1 aromatic heterocycles. The lowest BCUT2D eigenvalue weighted by Crippen LogP contribution is -2.30. The molecule has 0 bridgehead atoms. The van der Waals surface area contributed by atoms with Gasteiger partial charge in [0.25, 0.3) is 6.43 Å². The molecule has 2 rings (SSSR count). The van der Waals surface area contributed by atoms with Crippen molar-refractivity contribution >= 4 is 0 Å². The van der Waals surface area contributed by atoms with Gasteiger partial charge in [-0.25, -0.2) is 8.78 Å². The number of hydrogen-bond donors (Lipinski definition) is 1. The molecule has 108 valence electrons. The van der Waals surface area contributed by atoms with Crippen LogP contribution in [0.25, 0.3) is 0 Å². The Kier molecular flexibility index (Phi) is 4.87. The van der Waals surface area contributed by atoms with E-state index in [0.29, 0.717) is 13.1 Å². The summed E-state index contributed by atoms with van der Waals surface area (Å²) in [4.78, 5) is 2.02. The van der Waals surface area contributed by atoms with Gasteiger partial charge in [0.1, 0.15) is 0 Å². The van der Waals surface area contributed by atoms with Crippen LogP contribution < -0.4 is 5.73 Å². The minimum absolute atomic E-state index is 0.0256. The zero-order chi connectivity index (χ0) is 14.5. The van der Waals surface area contributed by atoms with Gasteiger partial charge in [0, 0.05) is 30.3 Å². The number of alkyl halides is 2. The number of rotatable bonds is 6. The van der Waals surface area contributed by atoms with Crippen molar-refractivity contribution in [3.8, 4) is 0 Å². The monoisotopic (exact) mass is 280 g/mol. The molecule has 0 aliphatic rings. The highest BCUT2D eigenvalue weighted by Gasteiger charge is 2.18. The minimum atomic E-state index is -2.47. The van der Waals surface area contributed by atoms with Gasteiger partial charge >= 0.3 is 0 Å². The fraction of sp³-hybridized carbons (Fsp3) is 0.333. The van der Waals surface area contributed by atoms with Crippen molar-refractivity contribution in [3.05, 3.63) is 59.5 Å². The van der Waals surface area contributed by atoms with Gasteiger partial charge in [-0.1, -0.05) is 18.2 Å². The molecule has 5 heteroatoms. The maximum atomic E-state index is 12.8. The molecule has 0 radical (unpaired) electrons. The summed E-state index contributed by atoms with van der Waals surface area (Å²) in [6.45, 7) is 1.01. The van der Waals surface area contributed by atoms with Crippen LogP contribution in [0.3, 0.4) is 0 Å². The van der Waals surface area contributed by atoms with Crippen molar-refractivity contribution < 1.29 is 13.2 Å². The number of halogens is 2. The van der Waals surface area contributed by atoms with E-state index in [4.69, 9.17) is 10.2 Å². The van der Waals surface area contributed by atoms with Gasteiger partial charge in [0.05, 0.1) is 12.5 Å². The lowest BCUT2D eigenvalue weighted by Gasteiger charge is -2.27. The van der Waals surface area contributed by atoms with Gasteiger partial charge in [-0.2, -0.15) is 0 Å². The molecule has 0 amide bonds. The average molecular weight is 280 g/mol. The molecular weight excluding hydrogens is 262 g/mol. The summed E-state index contributed by atoms with van der Waals surface area (Å²) in [7, 11) is 1.92. The molecule has 3 nitrogen and oxygen atoms in total. The van der Waals surface area contributed by atoms with Gasteiger partial charge in [-0.05, 0) is 24.7 Å². The lowest BCUT2D eigenvalue weighted by atomic mass is 10.0. The summed E-state index contributed by atoms with van der Waals surface area (Å²) < 4.78 is 30.6. The molecule has 2 aromatic rings. The van der Waals surface area contributed by atoms with Crippen molar-refractivity contribution in [2.75, 3.05) is 13.6 Å². The average Bonchev–Trinajstić information content (AvgIpc) is 2.92. The first-order chi connectivity index (χ1) is 9.61. The minimum Gasteiger partial charge on any atom is -0.472 e. The number of nitrogens with zero attached hydrogens (tertiary/aromatic N) is 1. The Hall–Kier alpha value is -1.72.